The van der Waals surface area contributed by atoms with E-state index in [9.17, 15) is 9.59 Å². The Morgan fingerprint density at radius 1 is 1.20 bits per heavy atom. The zero-order valence-corrected chi connectivity index (χ0v) is 11.1. The van der Waals surface area contributed by atoms with Crippen LogP contribution in [0.5, 0.6) is 11.5 Å². The molecule has 1 heterocycles. The molecule has 20 heavy (non-hydrogen) atoms. The molecule has 0 aliphatic carbocycles. The van der Waals surface area contributed by atoms with Crippen molar-refractivity contribution in [3.8, 4) is 11.5 Å². The molecule has 0 radical (unpaired) electrons. The van der Waals surface area contributed by atoms with E-state index in [1.54, 1.807) is 12.1 Å². The van der Waals surface area contributed by atoms with Crippen LogP contribution in [-0.2, 0) is 4.79 Å². The number of nitrogens with zero attached hydrogens (tertiary/aromatic N) is 1. The van der Waals surface area contributed by atoms with Gasteiger partial charge in [0.05, 0.1) is 31.7 Å². The maximum absolute atomic E-state index is 11.8. The number of fused-ring (bicyclic) bond motifs is 1. The Morgan fingerprint density at radius 3 is 2.45 bits per heavy atom. The number of H-pyrrole nitrogens is 1. The second-order valence-corrected chi connectivity index (χ2v) is 4.13. The molecule has 0 aliphatic rings. The number of Topliss-reactive ketones (excluding diaryl/α,β-unsaturated/α-hetero) is 1. The van der Waals surface area contributed by atoms with Gasteiger partial charge in [-0.15, -0.1) is 0 Å². The van der Waals surface area contributed by atoms with E-state index in [0.717, 1.165) is 0 Å². The molecular weight excluding hydrogens is 264 g/mol. The number of carbonyl (C=O) groups excluding carboxylic acids is 1. The number of aliphatic carboxylic acids is 1. The number of methoxy groups -OCH3 is 2. The maximum atomic E-state index is 11.8. The Bertz CT molecular complexity index is 621. The lowest BCUT2D eigenvalue weighted by atomic mass is 10.2. The number of aromatic amines is 1. The van der Waals surface area contributed by atoms with Crippen LogP contribution in [0.4, 0.5) is 0 Å². The van der Waals surface area contributed by atoms with E-state index in [4.69, 9.17) is 14.6 Å². The summed E-state index contributed by atoms with van der Waals surface area (Å²) in [6.45, 7) is 0. The highest BCUT2D eigenvalue weighted by Crippen LogP contribution is 2.31. The first-order chi connectivity index (χ1) is 9.55. The van der Waals surface area contributed by atoms with Crippen LogP contribution in [0.25, 0.3) is 11.0 Å². The van der Waals surface area contributed by atoms with E-state index in [2.05, 4.69) is 9.97 Å². The van der Waals surface area contributed by atoms with Crippen LogP contribution < -0.4 is 9.47 Å². The van der Waals surface area contributed by atoms with Gasteiger partial charge in [-0.05, 0) is 0 Å². The van der Waals surface area contributed by atoms with Crippen LogP contribution in [0.2, 0.25) is 0 Å². The zero-order valence-electron chi connectivity index (χ0n) is 11.1. The number of ether oxygens (including phenoxy) is 2. The first-order valence-electron chi connectivity index (χ1n) is 5.92. The maximum Gasteiger partial charge on any atom is 0.303 e. The van der Waals surface area contributed by atoms with Gasteiger partial charge in [0.2, 0.25) is 0 Å². The van der Waals surface area contributed by atoms with Gasteiger partial charge in [-0.3, -0.25) is 9.59 Å². The van der Waals surface area contributed by atoms with Gasteiger partial charge < -0.3 is 19.6 Å². The van der Waals surface area contributed by atoms with Gasteiger partial charge in [-0.2, -0.15) is 0 Å². The van der Waals surface area contributed by atoms with Crippen molar-refractivity contribution in [2.24, 2.45) is 0 Å². The molecule has 0 aliphatic heterocycles. The fourth-order valence-corrected chi connectivity index (χ4v) is 1.81. The standard InChI is InChI=1S/C13H14N2O5/c1-19-10-5-7-8(6-11(10)20-2)15-13(14-7)9(16)3-4-12(17)18/h5-6H,3-4H2,1-2H3,(H,14,15)(H,17,18). The minimum Gasteiger partial charge on any atom is -0.493 e. The van der Waals surface area contributed by atoms with Crippen molar-refractivity contribution in [2.75, 3.05) is 14.2 Å². The van der Waals surface area contributed by atoms with Gasteiger partial charge in [-0.25, -0.2) is 4.98 Å². The number of hydrogen-bond acceptors (Lipinski definition) is 5. The number of hydrogen-bond donors (Lipinski definition) is 2. The van der Waals surface area contributed by atoms with E-state index in [1.165, 1.54) is 14.2 Å². The van der Waals surface area contributed by atoms with E-state index in [0.29, 0.717) is 22.5 Å². The molecule has 1 aromatic heterocycles. The number of nitrogens with one attached hydrogen (secondary N) is 1. The molecule has 0 unspecified atom stereocenters. The zero-order chi connectivity index (χ0) is 14.7. The first-order valence-corrected chi connectivity index (χ1v) is 5.92. The summed E-state index contributed by atoms with van der Waals surface area (Å²) < 4.78 is 10.3. The summed E-state index contributed by atoms with van der Waals surface area (Å²) in [5, 5.41) is 8.57. The summed E-state index contributed by atoms with van der Waals surface area (Å²) in [4.78, 5) is 29.3. The Kier molecular flexibility index (Phi) is 3.88. The van der Waals surface area contributed by atoms with E-state index >= 15 is 0 Å². The quantitative estimate of drug-likeness (QED) is 0.779. The minimum absolute atomic E-state index is 0.0938. The van der Waals surface area contributed by atoms with Crippen molar-refractivity contribution in [3.63, 3.8) is 0 Å². The first kappa shape index (κ1) is 13.9. The van der Waals surface area contributed by atoms with Crippen LogP contribution in [0.3, 0.4) is 0 Å². The van der Waals surface area contributed by atoms with Crippen molar-refractivity contribution in [2.45, 2.75) is 12.8 Å². The fraction of sp³-hybridized carbons (Fsp3) is 0.308. The molecule has 2 aromatic rings. The lowest BCUT2D eigenvalue weighted by Gasteiger charge is -2.06. The van der Waals surface area contributed by atoms with Gasteiger partial charge in [0.1, 0.15) is 0 Å². The predicted molar refractivity (Wildman–Crippen MR) is 70.4 cm³/mol. The van der Waals surface area contributed by atoms with E-state index in [1.807, 2.05) is 0 Å². The number of ketones is 1. The van der Waals surface area contributed by atoms with Crippen LogP contribution >= 0.6 is 0 Å². The van der Waals surface area contributed by atoms with Gasteiger partial charge in [-0.1, -0.05) is 0 Å². The molecule has 0 atom stereocenters. The second kappa shape index (κ2) is 5.60. The largest absolute Gasteiger partial charge is 0.493 e. The Balaban J connectivity index is 2.33. The van der Waals surface area contributed by atoms with Gasteiger partial charge in [0, 0.05) is 18.6 Å². The molecule has 2 N–H and O–H groups in total. The lowest BCUT2D eigenvalue weighted by Crippen LogP contribution is -2.05. The number of rotatable bonds is 6. The topological polar surface area (TPSA) is 102 Å². The smallest absolute Gasteiger partial charge is 0.303 e. The van der Waals surface area contributed by atoms with E-state index < -0.39 is 5.97 Å². The number of aromatic nitrogens is 2. The Hall–Kier alpha value is -2.57. The number of imidazole rings is 1. The molecule has 0 spiro atoms. The summed E-state index contributed by atoms with van der Waals surface area (Å²) in [7, 11) is 3.02. The average molecular weight is 278 g/mol. The average Bonchev–Trinajstić information content (AvgIpc) is 2.85. The van der Waals surface area contributed by atoms with Crippen LogP contribution in [0.15, 0.2) is 12.1 Å². The highest BCUT2D eigenvalue weighted by molar-refractivity contribution is 5.97. The number of benzene rings is 1. The number of carboxylic acids is 1. The third-order valence-corrected chi connectivity index (χ3v) is 2.82. The molecule has 0 fully saturated rings. The highest BCUT2D eigenvalue weighted by atomic mass is 16.5. The van der Waals surface area contributed by atoms with Crippen molar-refractivity contribution >= 4 is 22.8 Å². The molecule has 2 rings (SSSR count). The molecule has 0 bridgehead atoms. The second-order valence-electron chi connectivity index (χ2n) is 4.13. The van der Waals surface area contributed by atoms with Crippen molar-refractivity contribution in [3.05, 3.63) is 18.0 Å². The van der Waals surface area contributed by atoms with Crippen LogP contribution in [-0.4, -0.2) is 41.0 Å². The van der Waals surface area contributed by atoms with E-state index in [-0.39, 0.29) is 24.4 Å². The van der Waals surface area contributed by atoms with Gasteiger partial charge in [0.25, 0.3) is 0 Å². The van der Waals surface area contributed by atoms with Gasteiger partial charge in [0.15, 0.2) is 23.1 Å². The van der Waals surface area contributed by atoms with Crippen molar-refractivity contribution in [1.82, 2.24) is 9.97 Å². The predicted octanol–water partition coefficient (Wildman–Crippen LogP) is 1.63. The fourth-order valence-electron chi connectivity index (χ4n) is 1.81. The molecule has 106 valence electrons. The monoisotopic (exact) mass is 278 g/mol. The normalized spacial score (nSPS) is 10.5. The summed E-state index contributed by atoms with van der Waals surface area (Å²) in [5.74, 6) is -0.194. The highest BCUT2D eigenvalue weighted by Gasteiger charge is 2.15. The SMILES string of the molecule is COc1cc2nc(C(=O)CCC(=O)O)[nH]c2cc1OC. The molecule has 0 amide bonds. The Morgan fingerprint density at radius 2 is 1.85 bits per heavy atom. The summed E-state index contributed by atoms with van der Waals surface area (Å²) in [5.41, 5.74) is 1.18. The molecular formula is C13H14N2O5. The molecule has 0 saturated carbocycles. The molecule has 7 heteroatoms. The van der Waals surface area contributed by atoms with Crippen LogP contribution in [0, 0.1) is 0 Å². The number of carboxylic acid groups (broad SMARTS) is 1. The molecule has 7 nitrogen and oxygen atoms in total. The number of carbonyl (C=O) groups is 2. The minimum atomic E-state index is -1.02. The molecule has 0 saturated heterocycles. The third kappa shape index (κ3) is 2.71. The lowest BCUT2D eigenvalue weighted by molar-refractivity contribution is -0.136. The Labute approximate surface area is 114 Å². The third-order valence-electron chi connectivity index (χ3n) is 2.82. The molecule has 1 aromatic carbocycles. The van der Waals surface area contributed by atoms with Crippen LogP contribution in [0.1, 0.15) is 23.5 Å². The van der Waals surface area contributed by atoms with Gasteiger partial charge >= 0.3 is 5.97 Å². The van der Waals surface area contributed by atoms with Crippen molar-refractivity contribution in [1.29, 1.82) is 0 Å². The van der Waals surface area contributed by atoms with Crippen molar-refractivity contribution < 1.29 is 24.2 Å². The summed E-state index contributed by atoms with van der Waals surface area (Å²) in [6, 6.07) is 3.33. The summed E-state index contributed by atoms with van der Waals surface area (Å²) >= 11 is 0. The summed E-state index contributed by atoms with van der Waals surface area (Å²) in [6.07, 6.45) is -0.314.